The maximum absolute atomic E-state index is 13.4. The van der Waals surface area contributed by atoms with Crippen molar-refractivity contribution in [1.82, 2.24) is 4.90 Å². The number of benzene rings is 3. The zero-order chi connectivity index (χ0) is 22.9. The molecule has 0 saturated carbocycles. The molecule has 0 saturated heterocycles. The molecule has 0 aliphatic carbocycles. The summed E-state index contributed by atoms with van der Waals surface area (Å²) in [5.74, 6) is 2.23. The fourth-order valence-corrected chi connectivity index (χ4v) is 4.11. The zero-order valence-electron chi connectivity index (χ0n) is 18.3. The van der Waals surface area contributed by atoms with E-state index in [0.717, 1.165) is 16.9 Å². The molecule has 0 unspecified atom stereocenters. The van der Waals surface area contributed by atoms with Crippen LogP contribution in [0.5, 0.6) is 23.0 Å². The van der Waals surface area contributed by atoms with Crippen molar-refractivity contribution < 1.29 is 18.6 Å². The quantitative estimate of drug-likeness (QED) is 0.367. The smallest absolute Gasteiger partial charge is 0.235 e. The van der Waals surface area contributed by atoms with E-state index in [1.54, 1.807) is 32.2 Å². The van der Waals surface area contributed by atoms with E-state index >= 15 is 0 Å². The molecule has 1 aliphatic heterocycles. The summed E-state index contributed by atoms with van der Waals surface area (Å²) in [4.78, 5) is 15.5. The second-order valence-electron chi connectivity index (χ2n) is 7.88. The molecule has 7 heteroatoms. The van der Waals surface area contributed by atoms with Crippen LogP contribution in [0.25, 0.3) is 11.0 Å². The molecule has 4 aromatic rings. The van der Waals surface area contributed by atoms with E-state index in [0.29, 0.717) is 53.1 Å². The van der Waals surface area contributed by atoms with Gasteiger partial charge in [-0.1, -0.05) is 35.9 Å². The molecule has 0 atom stereocenters. The van der Waals surface area contributed by atoms with Crippen LogP contribution in [0.1, 0.15) is 16.9 Å². The standard InChI is InChI=1S/C26H22ClNO5/c1-16-25(33-23-6-4-3-5-22(23)30-2)24(29)19-11-12-21-20(26(19)32-16)14-28(15-31-21)13-17-7-9-18(27)10-8-17/h3-12H,13-15H2,1-2H3. The van der Waals surface area contributed by atoms with Crippen molar-refractivity contribution in [2.24, 2.45) is 0 Å². The minimum Gasteiger partial charge on any atom is -0.493 e. The van der Waals surface area contributed by atoms with Gasteiger partial charge in [0.1, 0.15) is 23.8 Å². The molecule has 0 bridgehead atoms. The van der Waals surface area contributed by atoms with Gasteiger partial charge in [0.2, 0.25) is 11.2 Å². The Morgan fingerprint density at radius 2 is 1.79 bits per heavy atom. The van der Waals surface area contributed by atoms with Gasteiger partial charge in [-0.05, 0) is 48.9 Å². The highest BCUT2D eigenvalue weighted by molar-refractivity contribution is 6.30. The Labute approximate surface area is 195 Å². The monoisotopic (exact) mass is 463 g/mol. The van der Waals surface area contributed by atoms with Crippen LogP contribution in [0.4, 0.5) is 0 Å². The van der Waals surface area contributed by atoms with Crippen molar-refractivity contribution in [1.29, 1.82) is 0 Å². The topological polar surface area (TPSA) is 61.1 Å². The van der Waals surface area contributed by atoms with Crippen molar-refractivity contribution >= 4 is 22.6 Å². The highest BCUT2D eigenvalue weighted by Crippen LogP contribution is 2.36. The Kier molecular flexibility index (Phi) is 5.70. The van der Waals surface area contributed by atoms with Gasteiger partial charge in [-0.15, -0.1) is 0 Å². The Bertz CT molecular complexity index is 1380. The van der Waals surface area contributed by atoms with E-state index < -0.39 is 0 Å². The molecular weight excluding hydrogens is 442 g/mol. The fraction of sp³-hybridized carbons (Fsp3) is 0.192. The number of hydrogen-bond acceptors (Lipinski definition) is 6. The van der Waals surface area contributed by atoms with Crippen LogP contribution in [0.2, 0.25) is 5.02 Å². The normalized spacial score (nSPS) is 13.4. The van der Waals surface area contributed by atoms with Gasteiger partial charge in [0.05, 0.1) is 18.1 Å². The molecule has 33 heavy (non-hydrogen) atoms. The van der Waals surface area contributed by atoms with Gasteiger partial charge in [-0.3, -0.25) is 9.69 Å². The number of fused-ring (bicyclic) bond motifs is 3. The Morgan fingerprint density at radius 1 is 1.03 bits per heavy atom. The molecule has 0 fully saturated rings. The van der Waals surface area contributed by atoms with E-state index in [9.17, 15) is 4.79 Å². The second-order valence-corrected chi connectivity index (χ2v) is 8.31. The highest BCUT2D eigenvalue weighted by atomic mass is 35.5. The Hall–Kier alpha value is -3.48. The first-order chi connectivity index (χ1) is 16.0. The summed E-state index contributed by atoms with van der Waals surface area (Å²) in [5, 5.41) is 1.15. The van der Waals surface area contributed by atoms with Crippen LogP contribution in [0.3, 0.4) is 0 Å². The van der Waals surface area contributed by atoms with Gasteiger partial charge >= 0.3 is 0 Å². The van der Waals surface area contributed by atoms with E-state index in [1.807, 2.05) is 42.5 Å². The van der Waals surface area contributed by atoms with Gasteiger partial charge in [-0.25, -0.2) is 0 Å². The summed E-state index contributed by atoms with van der Waals surface area (Å²) in [7, 11) is 1.56. The molecule has 0 amide bonds. The van der Waals surface area contributed by atoms with Crippen LogP contribution in [-0.4, -0.2) is 18.7 Å². The Balaban J connectivity index is 1.50. The van der Waals surface area contributed by atoms with Crippen molar-refractivity contribution in [3.05, 3.63) is 92.8 Å². The van der Waals surface area contributed by atoms with Crippen LogP contribution in [-0.2, 0) is 13.1 Å². The SMILES string of the molecule is COc1ccccc1Oc1c(C)oc2c3c(ccc2c1=O)OCN(Cc1ccc(Cl)cc1)C3. The summed E-state index contributed by atoms with van der Waals surface area (Å²) in [6.45, 7) is 3.44. The number of para-hydroxylation sites is 2. The average molecular weight is 464 g/mol. The number of ether oxygens (including phenoxy) is 3. The summed E-state index contributed by atoms with van der Waals surface area (Å²) < 4.78 is 23.4. The lowest BCUT2D eigenvalue weighted by Crippen LogP contribution is -2.31. The van der Waals surface area contributed by atoms with Gasteiger partial charge in [0.15, 0.2) is 11.5 Å². The van der Waals surface area contributed by atoms with Crippen LogP contribution in [0.15, 0.2) is 69.9 Å². The van der Waals surface area contributed by atoms with E-state index in [2.05, 4.69) is 4.90 Å². The number of halogens is 1. The molecule has 0 N–H and O–H groups in total. The fourth-order valence-electron chi connectivity index (χ4n) is 3.98. The van der Waals surface area contributed by atoms with Gasteiger partial charge in [-0.2, -0.15) is 0 Å². The van der Waals surface area contributed by atoms with E-state index in [-0.39, 0.29) is 11.2 Å². The molecule has 0 spiro atoms. The molecule has 1 aromatic heterocycles. The molecule has 5 rings (SSSR count). The highest BCUT2D eigenvalue weighted by Gasteiger charge is 2.24. The predicted octanol–water partition coefficient (Wildman–Crippen LogP) is 5.91. The third kappa shape index (κ3) is 4.15. The van der Waals surface area contributed by atoms with Gasteiger partial charge in [0.25, 0.3) is 0 Å². The number of nitrogens with zero attached hydrogens (tertiary/aromatic N) is 1. The minimum absolute atomic E-state index is 0.140. The summed E-state index contributed by atoms with van der Waals surface area (Å²) in [6, 6.07) is 18.4. The first-order valence-corrected chi connectivity index (χ1v) is 10.9. The maximum Gasteiger partial charge on any atom is 0.235 e. The molecule has 2 heterocycles. The van der Waals surface area contributed by atoms with Gasteiger partial charge in [0, 0.05) is 18.1 Å². The second kappa shape index (κ2) is 8.81. The molecule has 1 aliphatic rings. The summed E-state index contributed by atoms with van der Waals surface area (Å²) >= 11 is 6.00. The summed E-state index contributed by atoms with van der Waals surface area (Å²) in [6.07, 6.45) is 0. The zero-order valence-corrected chi connectivity index (χ0v) is 19.0. The number of aryl methyl sites for hydroxylation is 1. The molecule has 3 aromatic carbocycles. The summed E-state index contributed by atoms with van der Waals surface area (Å²) in [5.41, 5.74) is 2.24. The van der Waals surface area contributed by atoms with Crippen molar-refractivity contribution in [2.45, 2.75) is 20.0 Å². The minimum atomic E-state index is -0.239. The first kappa shape index (κ1) is 21.4. The predicted molar refractivity (Wildman–Crippen MR) is 126 cm³/mol. The lowest BCUT2D eigenvalue weighted by Gasteiger charge is -2.29. The molecule has 6 nitrogen and oxygen atoms in total. The maximum atomic E-state index is 13.4. The molecular formula is C26H22ClNO5. The molecule has 168 valence electrons. The van der Waals surface area contributed by atoms with Crippen LogP contribution in [0, 0.1) is 6.92 Å². The third-order valence-corrected chi connectivity index (χ3v) is 5.88. The lowest BCUT2D eigenvalue weighted by atomic mass is 10.1. The van der Waals surface area contributed by atoms with E-state index in [4.69, 9.17) is 30.2 Å². The Morgan fingerprint density at radius 3 is 2.55 bits per heavy atom. The number of methoxy groups -OCH3 is 1. The third-order valence-electron chi connectivity index (χ3n) is 5.63. The van der Waals surface area contributed by atoms with Crippen molar-refractivity contribution in [2.75, 3.05) is 13.8 Å². The molecule has 0 radical (unpaired) electrons. The first-order valence-electron chi connectivity index (χ1n) is 10.5. The van der Waals surface area contributed by atoms with E-state index in [1.165, 1.54) is 0 Å². The van der Waals surface area contributed by atoms with Crippen LogP contribution < -0.4 is 19.6 Å². The van der Waals surface area contributed by atoms with Crippen LogP contribution >= 0.6 is 11.6 Å². The number of hydrogen-bond donors (Lipinski definition) is 0. The number of rotatable bonds is 5. The lowest BCUT2D eigenvalue weighted by molar-refractivity contribution is 0.0889. The van der Waals surface area contributed by atoms with Crippen molar-refractivity contribution in [3.8, 4) is 23.0 Å². The average Bonchev–Trinajstić information content (AvgIpc) is 2.83. The van der Waals surface area contributed by atoms with Gasteiger partial charge < -0.3 is 18.6 Å². The van der Waals surface area contributed by atoms with Crippen molar-refractivity contribution in [3.63, 3.8) is 0 Å². The largest absolute Gasteiger partial charge is 0.493 e.